The summed E-state index contributed by atoms with van der Waals surface area (Å²) < 4.78 is 67.9. The molecule has 0 aliphatic carbocycles. The molecule has 28 heavy (non-hydrogen) atoms. The number of fused-ring (bicyclic) bond motifs is 1. The van der Waals surface area contributed by atoms with Crippen LogP contribution in [0.1, 0.15) is 16.7 Å². The van der Waals surface area contributed by atoms with E-state index in [1.807, 2.05) is 0 Å². The second-order valence-electron chi connectivity index (χ2n) is 6.71. The zero-order valence-electron chi connectivity index (χ0n) is 15.1. The minimum absolute atomic E-state index is 0.165. The predicted octanol–water partition coefficient (Wildman–Crippen LogP) is 3.94. The fraction of sp³-hybridized carbons (Fsp3) is 0.263. The van der Waals surface area contributed by atoms with Crippen LogP contribution in [-0.2, 0) is 16.4 Å². The number of phenolic OH excluding ortho intramolecular Hbond substituents is 1. The van der Waals surface area contributed by atoms with Crippen molar-refractivity contribution in [1.82, 2.24) is 9.71 Å². The number of sulfonamides is 1. The number of phenols is 1. The third kappa shape index (κ3) is 4.00. The SMILES string of the molecule is Cc1cc(C)c(S(=O)(=O)NC(Cc2c[nH]c3ccccc23)C(F)(F)F)c(O)c1. The molecule has 1 aromatic heterocycles. The summed E-state index contributed by atoms with van der Waals surface area (Å²) >= 11 is 0. The normalized spacial score (nSPS) is 13.8. The van der Waals surface area contributed by atoms with Crippen molar-refractivity contribution in [2.75, 3.05) is 0 Å². The number of aromatic hydroxyl groups is 1. The highest BCUT2D eigenvalue weighted by atomic mass is 32.2. The van der Waals surface area contributed by atoms with Crippen molar-refractivity contribution >= 4 is 20.9 Å². The molecule has 2 aromatic carbocycles. The van der Waals surface area contributed by atoms with Crippen LogP contribution in [0.15, 0.2) is 47.5 Å². The number of hydrogen-bond donors (Lipinski definition) is 3. The fourth-order valence-corrected chi connectivity index (χ4v) is 4.80. The summed E-state index contributed by atoms with van der Waals surface area (Å²) in [4.78, 5) is 2.33. The van der Waals surface area contributed by atoms with E-state index in [1.165, 1.54) is 25.3 Å². The predicted molar refractivity (Wildman–Crippen MR) is 99.7 cm³/mol. The van der Waals surface area contributed by atoms with Gasteiger partial charge in [-0.15, -0.1) is 0 Å². The second kappa shape index (κ2) is 7.14. The van der Waals surface area contributed by atoms with Crippen molar-refractivity contribution in [3.63, 3.8) is 0 Å². The van der Waals surface area contributed by atoms with Crippen LogP contribution in [0.3, 0.4) is 0 Å². The molecule has 1 atom stereocenters. The standard InChI is InChI=1S/C19H19F3N2O3S/c1-11-7-12(2)18(16(25)8-11)28(26,27)24-17(19(20,21)22)9-13-10-23-15-6-4-3-5-14(13)15/h3-8,10,17,23-25H,9H2,1-2H3. The number of nitrogens with one attached hydrogen (secondary N) is 2. The molecule has 0 bridgehead atoms. The molecule has 0 saturated carbocycles. The van der Waals surface area contributed by atoms with E-state index < -0.39 is 39.3 Å². The summed E-state index contributed by atoms with van der Waals surface area (Å²) in [5.74, 6) is -0.585. The van der Waals surface area contributed by atoms with Crippen LogP contribution < -0.4 is 4.72 Å². The third-order valence-corrected chi connectivity index (χ3v) is 6.12. The smallest absolute Gasteiger partial charge is 0.405 e. The Morgan fingerprint density at radius 2 is 1.86 bits per heavy atom. The van der Waals surface area contributed by atoms with Gasteiger partial charge in [0.25, 0.3) is 0 Å². The first-order valence-corrected chi connectivity index (χ1v) is 9.91. The Bertz CT molecular complexity index is 1100. The fourth-order valence-electron chi connectivity index (χ4n) is 3.27. The van der Waals surface area contributed by atoms with Gasteiger partial charge in [-0.1, -0.05) is 24.3 Å². The molecule has 0 aliphatic rings. The van der Waals surface area contributed by atoms with Crippen molar-refractivity contribution in [2.24, 2.45) is 0 Å². The van der Waals surface area contributed by atoms with Gasteiger partial charge in [0.2, 0.25) is 10.0 Å². The first kappa shape index (κ1) is 20.2. The number of rotatable bonds is 5. The molecule has 0 saturated heterocycles. The molecule has 0 aliphatic heterocycles. The number of aryl methyl sites for hydroxylation is 2. The van der Waals surface area contributed by atoms with Crippen LogP contribution >= 0.6 is 0 Å². The topological polar surface area (TPSA) is 82.2 Å². The molecule has 1 heterocycles. The molecule has 1 unspecified atom stereocenters. The quantitative estimate of drug-likeness (QED) is 0.594. The van der Waals surface area contributed by atoms with Crippen LogP contribution in [0.25, 0.3) is 10.9 Å². The van der Waals surface area contributed by atoms with Gasteiger partial charge >= 0.3 is 6.18 Å². The van der Waals surface area contributed by atoms with E-state index in [4.69, 9.17) is 0 Å². The van der Waals surface area contributed by atoms with Gasteiger partial charge in [-0.25, -0.2) is 8.42 Å². The molecule has 5 nitrogen and oxygen atoms in total. The molecule has 9 heteroatoms. The zero-order chi connectivity index (χ0) is 20.7. The highest BCUT2D eigenvalue weighted by Gasteiger charge is 2.43. The van der Waals surface area contributed by atoms with Crippen LogP contribution in [0.5, 0.6) is 5.75 Å². The van der Waals surface area contributed by atoms with Crippen LogP contribution in [0.4, 0.5) is 13.2 Å². The monoisotopic (exact) mass is 412 g/mol. The van der Waals surface area contributed by atoms with E-state index in [0.717, 1.165) is 0 Å². The maximum absolute atomic E-state index is 13.6. The van der Waals surface area contributed by atoms with Crippen molar-refractivity contribution in [3.8, 4) is 5.75 Å². The van der Waals surface area contributed by atoms with Crippen LogP contribution in [0, 0.1) is 13.8 Å². The maximum atomic E-state index is 13.6. The highest BCUT2D eigenvalue weighted by molar-refractivity contribution is 7.89. The van der Waals surface area contributed by atoms with E-state index in [9.17, 15) is 26.7 Å². The third-order valence-electron chi connectivity index (χ3n) is 4.46. The number of benzene rings is 2. The van der Waals surface area contributed by atoms with Crippen molar-refractivity contribution in [2.45, 2.75) is 37.4 Å². The number of aromatic nitrogens is 1. The Labute approximate surface area is 160 Å². The second-order valence-corrected chi connectivity index (χ2v) is 8.36. The average molecular weight is 412 g/mol. The van der Waals surface area contributed by atoms with Crippen LogP contribution in [-0.4, -0.2) is 30.7 Å². The first-order chi connectivity index (χ1) is 13.0. The number of halogens is 3. The summed E-state index contributed by atoms with van der Waals surface area (Å²) in [5, 5.41) is 10.6. The number of hydrogen-bond acceptors (Lipinski definition) is 3. The summed E-state index contributed by atoms with van der Waals surface area (Å²) in [5.41, 5.74) is 1.76. The van der Waals surface area contributed by atoms with Gasteiger partial charge in [0, 0.05) is 17.1 Å². The Balaban J connectivity index is 1.98. The average Bonchev–Trinajstić information content (AvgIpc) is 2.95. The minimum Gasteiger partial charge on any atom is -0.507 e. The van der Waals surface area contributed by atoms with Gasteiger partial charge in [0.05, 0.1) is 0 Å². The largest absolute Gasteiger partial charge is 0.507 e. The van der Waals surface area contributed by atoms with Crippen molar-refractivity contribution in [3.05, 3.63) is 59.3 Å². The molecule has 3 aromatic rings. The molecule has 0 radical (unpaired) electrons. The summed E-state index contributed by atoms with van der Waals surface area (Å²) in [6.45, 7) is 3.07. The van der Waals surface area contributed by atoms with Gasteiger partial charge in [0.1, 0.15) is 16.7 Å². The summed E-state index contributed by atoms with van der Waals surface area (Å²) in [6, 6.07) is 7.16. The Hall–Kier alpha value is -2.52. The molecule has 0 amide bonds. The first-order valence-electron chi connectivity index (χ1n) is 8.43. The maximum Gasteiger partial charge on any atom is 0.405 e. The number of aromatic amines is 1. The number of alkyl halides is 3. The van der Waals surface area contributed by atoms with E-state index in [-0.39, 0.29) is 5.56 Å². The lowest BCUT2D eigenvalue weighted by atomic mass is 10.1. The van der Waals surface area contributed by atoms with Gasteiger partial charge in [-0.2, -0.15) is 17.9 Å². The Kier molecular flexibility index (Phi) is 5.16. The van der Waals surface area contributed by atoms with E-state index in [1.54, 1.807) is 35.9 Å². The van der Waals surface area contributed by atoms with Crippen LogP contribution in [0.2, 0.25) is 0 Å². The summed E-state index contributed by atoms with van der Waals surface area (Å²) in [6.07, 6.45) is -3.97. The summed E-state index contributed by atoms with van der Waals surface area (Å²) in [7, 11) is -4.61. The lowest BCUT2D eigenvalue weighted by molar-refractivity contribution is -0.150. The Morgan fingerprint density at radius 3 is 2.50 bits per heavy atom. The van der Waals surface area contributed by atoms with Crippen molar-refractivity contribution < 1.29 is 26.7 Å². The van der Waals surface area contributed by atoms with Gasteiger partial charge in [-0.05, 0) is 49.1 Å². The molecule has 0 fully saturated rings. The van der Waals surface area contributed by atoms with Gasteiger partial charge in [-0.3, -0.25) is 0 Å². The molecule has 0 spiro atoms. The molecule has 150 valence electrons. The molecule has 3 N–H and O–H groups in total. The lowest BCUT2D eigenvalue weighted by Crippen LogP contribution is -2.46. The minimum atomic E-state index is -4.82. The molecular formula is C19H19F3N2O3S. The van der Waals surface area contributed by atoms with E-state index in [2.05, 4.69) is 4.98 Å². The van der Waals surface area contributed by atoms with E-state index >= 15 is 0 Å². The lowest BCUT2D eigenvalue weighted by Gasteiger charge is -2.22. The van der Waals surface area contributed by atoms with Crippen molar-refractivity contribution in [1.29, 1.82) is 0 Å². The van der Waals surface area contributed by atoms with Gasteiger partial charge < -0.3 is 10.1 Å². The molecule has 3 rings (SSSR count). The highest BCUT2D eigenvalue weighted by Crippen LogP contribution is 2.31. The zero-order valence-corrected chi connectivity index (χ0v) is 15.9. The Morgan fingerprint density at radius 1 is 1.18 bits per heavy atom. The number of H-pyrrole nitrogens is 1. The number of para-hydroxylation sites is 1. The van der Waals surface area contributed by atoms with E-state index in [0.29, 0.717) is 22.0 Å². The molecular weight excluding hydrogens is 393 g/mol. The van der Waals surface area contributed by atoms with Gasteiger partial charge in [0.15, 0.2) is 0 Å².